The lowest BCUT2D eigenvalue weighted by molar-refractivity contribution is -0.130. The van der Waals surface area contributed by atoms with Crippen molar-refractivity contribution in [3.05, 3.63) is 58.1 Å². The van der Waals surface area contributed by atoms with Crippen molar-refractivity contribution in [2.75, 3.05) is 19.0 Å². The van der Waals surface area contributed by atoms with E-state index in [-0.39, 0.29) is 11.6 Å². The van der Waals surface area contributed by atoms with Crippen LogP contribution in [-0.2, 0) is 9.53 Å². The number of benzene rings is 1. The molecule has 2 aromatic rings. The van der Waals surface area contributed by atoms with Gasteiger partial charge in [-0.1, -0.05) is 12.1 Å². The van der Waals surface area contributed by atoms with Crippen LogP contribution in [0.3, 0.4) is 0 Å². The minimum atomic E-state index is -0.487. The summed E-state index contributed by atoms with van der Waals surface area (Å²) in [6.45, 7) is 0. The van der Waals surface area contributed by atoms with E-state index in [0.29, 0.717) is 10.4 Å². The number of cyclic esters (lactones) is 1. The summed E-state index contributed by atoms with van der Waals surface area (Å²) in [6.07, 6.45) is 1.69. The minimum Gasteiger partial charge on any atom is -0.444 e. The Balaban J connectivity index is 1.87. The highest BCUT2D eigenvalue weighted by atomic mass is 79.9. The number of esters is 1. The van der Waals surface area contributed by atoms with Crippen molar-refractivity contribution in [3.8, 4) is 0 Å². The molecule has 1 aliphatic rings. The van der Waals surface area contributed by atoms with E-state index in [1.807, 2.05) is 43.3 Å². The van der Waals surface area contributed by atoms with E-state index in [1.165, 1.54) is 0 Å². The predicted octanol–water partition coefficient (Wildman–Crippen LogP) is 3.45. The topological polar surface area (TPSA) is 55.0 Å². The predicted molar refractivity (Wildman–Crippen MR) is 87.8 cm³/mol. The molecule has 0 bridgehead atoms. The van der Waals surface area contributed by atoms with Gasteiger partial charge in [0.05, 0.1) is 0 Å². The monoisotopic (exact) mass is 360 g/mol. The summed E-state index contributed by atoms with van der Waals surface area (Å²) >= 11 is 3.20. The normalized spacial score (nSPS) is 15.9. The Kier molecular flexibility index (Phi) is 3.85. The Morgan fingerprint density at radius 2 is 1.86 bits per heavy atom. The number of aliphatic imine (C=N–C) groups is 1. The molecule has 22 heavy (non-hydrogen) atoms. The largest absolute Gasteiger partial charge is 0.444 e. The van der Waals surface area contributed by atoms with Gasteiger partial charge in [-0.15, -0.1) is 0 Å². The smallest absolute Gasteiger partial charge is 0.363 e. The summed E-state index contributed by atoms with van der Waals surface area (Å²) in [7, 11) is 3.94. The highest BCUT2D eigenvalue weighted by molar-refractivity contribution is 9.10. The molecule has 112 valence electrons. The van der Waals surface area contributed by atoms with Crippen LogP contribution in [0.15, 0.2) is 56.2 Å². The van der Waals surface area contributed by atoms with E-state index in [1.54, 1.807) is 18.2 Å². The number of carbonyl (C=O) groups is 1. The Bertz CT molecular complexity index is 773. The fourth-order valence-corrected chi connectivity index (χ4v) is 2.28. The van der Waals surface area contributed by atoms with E-state index in [9.17, 15) is 4.79 Å². The van der Waals surface area contributed by atoms with E-state index < -0.39 is 5.97 Å². The molecule has 5 nitrogen and oxygen atoms in total. The van der Waals surface area contributed by atoms with Gasteiger partial charge in [-0.05, 0) is 51.8 Å². The zero-order chi connectivity index (χ0) is 15.7. The SMILES string of the molecule is CN(C)c1ccc(/C=C2\N=C(c3ccc(Br)o3)OC2=O)cc1. The number of hydrogen-bond donors (Lipinski definition) is 0. The van der Waals surface area contributed by atoms with Crippen molar-refractivity contribution < 1.29 is 13.9 Å². The van der Waals surface area contributed by atoms with Crippen LogP contribution >= 0.6 is 15.9 Å². The molecule has 1 aromatic carbocycles. The number of carbonyl (C=O) groups excluding carboxylic acids is 1. The Labute approximate surface area is 136 Å². The number of halogens is 1. The average molecular weight is 361 g/mol. The molecule has 2 heterocycles. The summed E-state index contributed by atoms with van der Waals surface area (Å²) in [5.41, 5.74) is 2.21. The molecule has 0 N–H and O–H groups in total. The molecule has 0 amide bonds. The van der Waals surface area contributed by atoms with Crippen LogP contribution in [0.1, 0.15) is 11.3 Å². The zero-order valence-corrected chi connectivity index (χ0v) is 13.6. The van der Waals surface area contributed by atoms with Crippen molar-refractivity contribution in [2.24, 2.45) is 4.99 Å². The maximum absolute atomic E-state index is 11.9. The lowest BCUT2D eigenvalue weighted by Gasteiger charge is -2.11. The fraction of sp³-hybridized carbons (Fsp3) is 0.125. The van der Waals surface area contributed by atoms with Gasteiger partial charge in [0.15, 0.2) is 16.1 Å². The van der Waals surface area contributed by atoms with Crippen molar-refractivity contribution in [3.63, 3.8) is 0 Å². The molecule has 0 saturated heterocycles. The van der Waals surface area contributed by atoms with Gasteiger partial charge < -0.3 is 14.1 Å². The molecular weight excluding hydrogens is 348 g/mol. The van der Waals surface area contributed by atoms with Crippen LogP contribution in [0, 0.1) is 0 Å². The van der Waals surface area contributed by atoms with Crippen LogP contribution in [0.2, 0.25) is 0 Å². The number of nitrogens with zero attached hydrogens (tertiary/aromatic N) is 2. The molecule has 1 aromatic heterocycles. The van der Waals surface area contributed by atoms with Gasteiger partial charge in [0.2, 0.25) is 0 Å². The number of ether oxygens (including phenoxy) is 1. The van der Waals surface area contributed by atoms with Gasteiger partial charge in [-0.2, -0.15) is 0 Å². The standard InChI is InChI=1S/C16H13BrN2O3/c1-19(2)11-5-3-10(4-6-11)9-12-16(20)22-15(18-12)13-7-8-14(17)21-13/h3-9H,1-2H3/b12-9-. The molecule has 3 rings (SSSR count). The van der Waals surface area contributed by atoms with Crippen molar-refractivity contribution in [1.82, 2.24) is 0 Å². The minimum absolute atomic E-state index is 0.173. The van der Waals surface area contributed by atoms with Gasteiger partial charge in [-0.3, -0.25) is 0 Å². The summed E-state index contributed by atoms with van der Waals surface area (Å²) in [4.78, 5) is 18.1. The number of anilines is 1. The van der Waals surface area contributed by atoms with Crippen LogP contribution in [0.4, 0.5) is 5.69 Å². The zero-order valence-electron chi connectivity index (χ0n) is 12.0. The lowest BCUT2D eigenvalue weighted by Crippen LogP contribution is -2.08. The van der Waals surface area contributed by atoms with E-state index in [2.05, 4.69) is 20.9 Å². The van der Waals surface area contributed by atoms with Gasteiger partial charge in [0.25, 0.3) is 5.90 Å². The molecule has 1 aliphatic heterocycles. The fourth-order valence-electron chi connectivity index (χ4n) is 1.97. The maximum atomic E-state index is 11.9. The molecule has 6 heteroatoms. The molecule has 0 aliphatic carbocycles. The lowest BCUT2D eigenvalue weighted by atomic mass is 10.1. The molecule has 0 fully saturated rings. The molecule has 0 radical (unpaired) electrons. The second-order valence-electron chi connectivity index (χ2n) is 4.93. The third kappa shape index (κ3) is 2.96. The number of hydrogen-bond acceptors (Lipinski definition) is 5. The highest BCUT2D eigenvalue weighted by Crippen LogP contribution is 2.22. The summed E-state index contributed by atoms with van der Waals surface area (Å²) in [5.74, 6) is 0.0950. The summed E-state index contributed by atoms with van der Waals surface area (Å²) in [5, 5.41) is 0. The summed E-state index contributed by atoms with van der Waals surface area (Å²) in [6, 6.07) is 11.2. The van der Waals surface area contributed by atoms with E-state index in [0.717, 1.165) is 11.3 Å². The average Bonchev–Trinajstić information content (AvgIpc) is 3.06. The first kappa shape index (κ1) is 14.6. The quantitative estimate of drug-likeness (QED) is 0.621. The van der Waals surface area contributed by atoms with Gasteiger partial charge in [-0.25, -0.2) is 9.79 Å². The second kappa shape index (κ2) is 5.81. The Morgan fingerprint density at radius 3 is 2.45 bits per heavy atom. The molecular formula is C16H13BrN2O3. The van der Waals surface area contributed by atoms with Crippen molar-refractivity contribution in [2.45, 2.75) is 0 Å². The Hall–Kier alpha value is -2.34. The van der Waals surface area contributed by atoms with Crippen LogP contribution in [0.5, 0.6) is 0 Å². The Morgan fingerprint density at radius 1 is 1.14 bits per heavy atom. The molecule has 0 atom stereocenters. The third-order valence-electron chi connectivity index (χ3n) is 3.12. The summed E-state index contributed by atoms with van der Waals surface area (Å²) < 4.78 is 11.0. The number of furan rings is 1. The van der Waals surface area contributed by atoms with Crippen LogP contribution in [0.25, 0.3) is 6.08 Å². The molecule has 0 unspecified atom stereocenters. The van der Waals surface area contributed by atoms with Gasteiger partial charge in [0.1, 0.15) is 0 Å². The van der Waals surface area contributed by atoms with Crippen LogP contribution < -0.4 is 4.90 Å². The number of rotatable bonds is 3. The first-order valence-corrected chi connectivity index (χ1v) is 7.38. The first-order chi connectivity index (χ1) is 10.5. The van der Waals surface area contributed by atoms with Gasteiger partial charge >= 0.3 is 5.97 Å². The van der Waals surface area contributed by atoms with E-state index >= 15 is 0 Å². The second-order valence-corrected chi connectivity index (χ2v) is 5.71. The molecule has 0 saturated carbocycles. The van der Waals surface area contributed by atoms with E-state index in [4.69, 9.17) is 9.15 Å². The van der Waals surface area contributed by atoms with Crippen molar-refractivity contribution in [1.29, 1.82) is 0 Å². The highest BCUT2D eigenvalue weighted by Gasteiger charge is 2.26. The maximum Gasteiger partial charge on any atom is 0.363 e. The van der Waals surface area contributed by atoms with Crippen molar-refractivity contribution >= 4 is 39.6 Å². The third-order valence-corrected chi connectivity index (χ3v) is 3.54. The van der Waals surface area contributed by atoms with Gasteiger partial charge in [0, 0.05) is 19.8 Å². The molecule has 0 spiro atoms. The first-order valence-electron chi connectivity index (χ1n) is 6.58. The van der Waals surface area contributed by atoms with Crippen LogP contribution in [-0.4, -0.2) is 26.0 Å².